The molecule has 4 aromatic rings. The molecule has 0 aliphatic carbocycles. The van der Waals surface area contributed by atoms with Crippen LogP contribution in [0.15, 0.2) is 75.9 Å². The fourth-order valence-electron chi connectivity index (χ4n) is 6.52. The third-order valence-corrected chi connectivity index (χ3v) is 9.34. The van der Waals surface area contributed by atoms with Gasteiger partial charge in [0.2, 0.25) is 11.8 Å². The van der Waals surface area contributed by atoms with Crippen molar-refractivity contribution >= 4 is 40.3 Å². The van der Waals surface area contributed by atoms with Gasteiger partial charge in [0, 0.05) is 56.2 Å². The van der Waals surface area contributed by atoms with Gasteiger partial charge in [-0.3, -0.25) is 19.2 Å². The summed E-state index contributed by atoms with van der Waals surface area (Å²) >= 11 is 6.08. The topological polar surface area (TPSA) is 140 Å². The third kappa shape index (κ3) is 7.28. The van der Waals surface area contributed by atoms with Gasteiger partial charge in [-0.2, -0.15) is 0 Å². The van der Waals surface area contributed by atoms with E-state index in [-0.39, 0.29) is 40.9 Å². The van der Waals surface area contributed by atoms with Crippen LogP contribution in [-0.2, 0) is 22.6 Å². The Kier molecular flexibility index (Phi) is 9.49. The smallest absolute Gasteiger partial charge is 0.287 e. The molecule has 0 saturated carbocycles. The number of phenolic OH excluding ortho intramolecular Hbond substituents is 2. The van der Waals surface area contributed by atoms with Crippen LogP contribution in [0.5, 0.6) is 11.5 Å². The summed E-state index contributed by atoms with van der Waals surface area (Å²) in [6.07, 6.45) is 4.19. The summed E-state index contributed by atoms with van der Waals surface area (Å²) in [5.41, 5.74) is 2.46. The molecule has 2 aliphatic rings. The highest BCUT2D eigenvalue weighted by atomic mass is 35.5. The maximum absolute atomic E-state index is 14.0. The number of aromatic hydroxyl groups is 2. The average Bonchev–Trinajstić information content (AvgIpc) is 3.07. The molecule has 2 aliphatic heterocycles. The van der Waals surface area contributed by atoms with Crippen LogP contribution in [0.4, 0.5) is 0 Å². The van der Waals surface area contributed by atoms with Crippen molar-refractivity contribution in [2.24, 2.45) is 0 Å². The number of amides is 3. The second-order valence-electron chi connectivity index (χ2n) is 12.2. The maximum Gasteiger partial charge on any atom is 0.287 e. The van der Waals surface area contributed by atoms with Crippen LogP contribution in [-0.4, -0.2) is 63.4 Å². The van der Waals surface area contributed by atoms with E-state index in [1.807, 2.05) is 17.0 Å². The van der Waals surface area contributed by atoms with Crippen LogP contribution in [0.3, 0.4) is 0 Å². The van der Waals surface area contributed by atoms with E-state index in [9.17, 15) is 29.4 Å². The highest BCUT2D eigenvalue weighted by Gasteiger charge is 2.32. The lowest BCUT2D eigenvalue weighted by Crippen LogP contribution is -2.51. The van der Waals surface area contributed by atoms with Crippen molar-refractivity contribution in [2.75, 3.05) is 19.6 Å². The quantitative estimate of drug-likeness (QED) is 0.224. The molecule has 10 nitrogen and oxygen atoms in total. The van der Waals surface area contributed by atoms with Crippen LogP contribution in [0.25, 0.3) is 11.0 Å². The summed E-state index contributed by atoms with van der Waals surface area (Å²) in [7, 11) is 0. The molecule has 47 heavy (non-hydrogen) atoms. The Bertz CT molecular complexity index is 1870. The van der Waals surface area contributed by atoms with Crippen molar-refractivity contribution in [3.05, 3.63) is 104 Å². The van der Waals surface area contributed by atoms with Gasteiger partial charge in [0.05, 0.1) is 5.39 Å². The molecule has 1 aromatic heterocycles. The Morgan fingerprint density at radius 3 is 2.40 bits per heavy atom. The van der Waals surface area contributed by atoms with Gasteiger partial charge in [0.1, 0.15) is 11.6 Å². The number of nitrogens with one attached hydrogen (secondary N) is 1. The van der Waals surface area contributed by atoms with Gasteiger partial charge in [-0.15, -0.1) is 0 Å². The monoisotopic (exact) mass is 657 g/mol. The number of carbonyl (C=O) groups is 3. The molecule has 3 N–H and O–H groups in total. The van der Waals surface area contributed by atoms with Crippen LogP contribution in [0.2, 0.25) is 5.02 Å². The van der Waals surface area contributed by atoms with Gasteiger partial charge < -0.3 is 29.7 Å². The highest BCUT2D eigenvalue weighted by molar-refractivity contribution is 6.30. The van der Waals surface area contributed by atoms with E-state index in [0.29, 0.717) is 31.1 Å². The third-order valence-electron chi connectivity index (χ3n) is 9.09. The van der Waals surface area contributed by atoms with E-state index in [0.717, 1.165) is 61.6 Å². The Balaban J connectivity index is 1.18. The lowest BCUT2D eigenvalue weighted by Gasteiger charge is -2.36. The summed E-state index contributed by atoms with van der Waals surface area (Å²) in [6, 6.07) is 17.4. The number of carbonyl (C=O) groups excluding carboxylic acids is 3. The van der Waals surface area contributed by atoms with Crippen molar-refractivity contribution in [3.63, 3.8) is 0 Å². The SMILES string of the molecule is O=C(N[C@H](Cc1ccc(Cl)cc1)C(=O)N1CCC(c2ccccc2CN2CCCCC2=O)CC1)c1cc(=O)c2cc(O)c(O)cc2o1. The number of halogens is 1. The molecule has 3 aromatic carbocycles. The highest BCUT2D eigenvalue weighted by Crippen LogP contribution is 2.32. The summed E-state index contributed by atoms with van der Waals surface area (Å²) < 4.78 is 5.62. The molecule has 1 atom stereocenters. The zero-order valence-corrected chi connectivity index (χ0v) is 26.5. The minimum absolute atomic E-state index is 0.00221. The van der Waals surface area contributed by atoms with Crippen LogP contribution in [0.1, 0.15) is 65.3 Å². The fourth-order valence-corrected chi connectivity index (χ4v) is 6.65. The number of benzene rings is 3. The molecule has 0 unspecified atom stereocenters. The minimum Gasteiger partial charge on any atom is -0.504 e. The van der Waals surface area contributed by atoms with Gasteiger partial charge in [-0.05, 0) is 66.5 Å². The van der Waals surface area contributed by atoms with E-state index in [1.165, 1.54) is 5.56 Å². The number of phenols is 2. The van der Waals surface area contributed by atoms with Gasteiger partial charge >= 0.3 is 0 Å². The summed E-state index contributed by atoms with van der Waals surface area (Å²) in [5.74, 6) is -1.92. The molecular formula is C36H36ClN3O7. The standard InChI is InChI=1S/C36H36ClN3O7/c37-25-10-8-22(9-11-25)17-28(38-35(45)33-19-29(41)27-18-30(42)31(43)20-32(27)47-33)36(46)39-15-12-23(13-16-39)26-6-2-1-5-24(26)21-40-14-4-3-7-34(40)44/h1-2,5-6,8-11,18-20,23,28,42-43H,3-4,7,12-17,21H2,(H,38,45)/t28-/m1/s1. The largest absolute Gasteiger partial charge is 0.504 e. The van der Waals surface area contributed by atoms with Crippen LogP contribution < -0.4 is 10.7 Å². The Labute approximate surface area is 276 Å². The second-order valence-corrected chi connectivity index (χ2v) is 12.7. The van der Waals surface area contributed by atoms with Crippen molar-refractivity contribution in [3.8, 4) is 11.5 Å². The molecule has 11 heteroatoms. The molecule has 244 valence electrons. The van der Waals surface area contributed by atoms with E-state index in [2.05, 4.69) is 17.4 Å². The molecule has 3 heterocycles. The molecule has 2 saturated heterocycles. The number of likely N-dealkylation sites (tertiary alicyclic amines) is 2. The summed E-state index contributed by atoms with van der Waals surface area (Å²) in [4.78, 5) is 56.3. The van der Waals surface area contributed by atoms with Crippen LogP contribution in [0, 0.1) is 0 Å². The number of hydrogen-bond donors (Lipinski definition) is 3. The lowest BCUT2D eigenvalue weighted by atomic mass is 9.86. The summed E-state index contributed by atoms with van der Waals surface area (Å²) in [6.45, 7) is 2.34. The molecule has 2 fully saturated rings. The van der Waals surface area contributed by atoms with E-state index < -0.39 is 28.9 Å². The number of rotatable bonds is 8. The first-order valence-electron chi connectivity index (χ1n) is 15.9. The molecule has 3 amide bonds. The van der Waals surface area contributed by atoms with Crippen molar-refractivity contribution < 1.29 is 29.0 Å². The number of nitrogens with zero attached hydrogens (tertiary/aromatic N) is 2. The zero-order valence-electron chi connectivity index (χ0n) is 25.8. The molecule has 0 spiro atoms. The van der Waals surface area contributed by atoms with Crippen molar-refractivity contribution in [2.45, 2.75) is 57.0 Å². The zero-order chi connectivity index (χ0) is 33.1. The Morgan fingerprint density at radius 2 is 1.66 bits per heavy atom. The minimum atomic E-state index is -0.966. The number of fused-ring (bicyclic) bond motifs is 1. The van der Waals surface area contributed by atoms with Gasteiger partial charge in [0.15, 0.2) is 22.7 Å². The van der Waals surface area contributed by atoms with Gasteiger partial charge in [-0.25, -0.2) is 0 Å². The normalized spacial score (nSPS) is 16.3. The first-order chi connectivity index (χ1) is 22.7. The molecular weight excluding hydrogens is 622 g/mol. The molecule has 0 bridgehead atoms. The Morgan fingerprint density at radius 1 is 0.936 bits per heavy atom. The first-order valence-corrected chi connectivity index (χ1v) is 16.2. The summed E-state index contributed by atoms with van der Waals surface area (Å²) in [5, 5.41) is 23.0. The molecule has 6 rings (SSSR count). The predicted molar refractivity (Wildman–Crippen MR) is 176 cm³/mol. The maximum atomic E-state index is 14.0. The van der Waals surface area contributed by atoms with Crippen molar-refractivity contribution in [1.82, 2.24) is 15.1 Å². The Hall–Kier alpha value is -4.83. The average molecular weight is 658 g/mol. The lowest BCUT2D eigenvalue weighted by molar-refractivity contribution is -0.135. The van der Waals surface area contributed by atoms with E-state index >= 15 is 0 Å². The van der Waals surface area contributed by atoms with Crippen molar-refractivity contribution in [1.29, 1.82) is 0 Å². The van der Waals surface area contributed by atoms with E-state index in [1.54, 1.807) is 29.2 Å². The second kappa shape index (κ2) is 13.9. The van der Waals surface area contributed by atoms with Crippen LogP contribution >= 0.6 is 11.6 Å². The van der Waals surface area contributed by atoms with Gasteiger partial charge in [0.25, 0.3) is 5.91 Å². The van der Waals surface area contributed by atoms with Gasteiger partial charge in [-0.1, -0.05) is 48.0 Å². The molecule has 0 radical (unpaired) electrons. The van der Waals surface area contributed by atoms with E-state index in [4.69, 9.17) is 16.0 Å². The number of piperidine rings is 2. The fraction of sp³-hybridized carbons (Fsp3) is 0.333. The predicted octanol–water partition coefficient (Wildman–Crippen LogP) is 5.12. The number of hydrogen-bond acceptors (Lipinski definition) is 7. The first kappa shape index (κ1) is 32.1.